The zero-order chi connectivity index (χ0) is 13.8. The second-order valence-corrected chi connectivity index (χ2v) is 4.47. The van der Waals surface area contributed by atoms with Gasteiger partial charge >= 0.3 is 0 Å². The van der Waals surface area contributed by atoms with Gasteiger partial charge in [0, 0.05) is 42.5 Å². The van der Waals surface area contributed by atoms with Gasteiger partial charge in [-0.15, -0.1) is 0 Å². The molecule has 0 aliphatic rings. The fourth-order valence-electron chi connectivity index (χ4n) is 1.82. The summed E-state index contributed by atoms with van der Waals surface area (Å²) >= 11 is 0. The third-order valence-corrected chi connectivity index (χ3v) is 3.09. The van der Waals surface area contributed by atoms with Crippen LogP contribution in [0.3, 0.4) is 0 Å². The quantitative estimate of drug-likeness (QED) is 0.900. The molecule has 0 aliphatic heterocycles. The molecule has 0 saturated heterocycles. The van der Waals surface area contributed by atoms with Crippen LogP contribution in [0.4, 0.5) is 8.78 Å². The molecule has 0 amide bonds. The number of nitrogens with zero attached hydrogens (tertiary/aromatic N) is 2. The molecule has 1 aromatic carbocycles. The van der Waals surface area contributed by atoms with Crippen LogP contribution in [-0.2, 0) is 13.1 Å². The van der Waals surface area contributed by atoms with E-state index in [1.165, 1.54) is 12.1 Å². The Morgan fingerprint density at radius 2 is 2.16 bits per heavy atom. The van der Waals surface area contributed by atoms with E-state index in [9.17, 15) is 8.78 Å². The molecule has 2 rings (SSSR count). The van der Waals surface area contributed by atoms with E-state index in [0.717, 1.165) is 18.2 Å². The Labute approximate surface area is 111 Å². The van der Waals surface area contributed by atoms with Crippen molar-refractivity contribution in [3.8, 4) is 0 Å². The Balaban J connectivity index is 1.98. The minimum atomic E-state index is -0.557. The molecule has 102 valence electrons. The first-order chi connectivity index (χ1) is 9.10. The van der Waals surface area contributed by atoms with Crippen LogP contribution in [-0.4, -0.2) is 9.78 Å². The van der Waals surface area contributed by atoms with Gasteiger partial charge in [-0.1, -0.05) is 6.07 Å². The number of rotatable bonds is 5. The fourth-order valence-corrected chi connectivity index (χ4v) is 1.82. The summed E-state index contributed by atoms with van der Waals surface area (Å²) in [5, 5.41) is 7.39. The van der Waals surface area contributed by atoms with Crippen LogP contribution in [0.1, 0.15) is 31.0 Å². The predicted molar refractivity (Wildman–Crippen MR) is 69.5 cm³/mol. The van der Waals surface area contributed by atoms with Gasteiger partial charge in [0.2, 0.25) is 0 Å². The highest BCUT2D eigenvalue weighted by Crippen LogP contribution is 2.14. The smallest absolute Gasteiger partial charge is 0.130 e. The molecule has 1 aromatic heterocycles. The van der Waals surface area contributed by atoms with Gasteiger partial charge in [0.25, 0.3) is 0 Å². The van der Waals surface area contributed by atoms with Crippen molar-refractivity contribution in [1.82, 2.24) is 15.1 Å². The van der Waals surface area contributed by atoms with E-state index in [0.29, 0.717) is 12.1 Å². The van der Waals surface area contributed by atoms with Crippen LogP contribution in [0.5, 0.6) is 0 Å². The summed E-state index contributed by atoms with van der Waals surface area (Å²) in [5.74, 6) is -1.08. The molecular formula is C14H17F2N3. The lowest BCUT2D eigenvalue weighted by molar-refractivity contribution is 0.533. The van der Waals surface area contributed by atoms with E-state index in [-0.39, 0.29) is 6.04 Å². The number of hydrogen-bond acceptors (Lipinski definition) is 2. The number of nitrogens with one attached hydrogen (secondary N) is 1. The Hall–Kier alpha value is -1.75. The topological polar surface area (TPSA) is 29.9 Å². The number of halogens is 2. The van der Waals surface area contributed by atoms with Crippen LogP contribution in [0.25, 0.3) is 0 Å². The molecule has 3 nitrogen and oxygen atoms in total. The van der Waals surface area contributed by atoms with Gasteiger partial charge in [0.1, 0.15) is 11.6 Å². The van der Waals surface area contributed by atoms with Gasteiger partial charge in [0.05, 0.1) is 6.20 Å². The van der Waals surface area contributed by atoms with Gasteiger partial charge in [-0.05, 0) is 19.9 Å². The molecule has 1 atom stereocenters. The highest BCUT2D eigenvalue weighted by Gasteiger charge is 2.09. The average molecular weight is 265 g/mol. The number of aryl methyl sites for hydroxylation is 1. The van der Waals surface area contributed by atoms with E-state index >= 15 is 0 Å². The van der Waals surface area contributed by atoms with Crippen LogP contribution < -0.4 is 5.32 Å². The van der Waals surface area contributed by atoms with Crippen LogP contribution >= 0.6 is 0 Å². The predicted octanol–water partition coefficient (Wildman–Crippen LogP) is 3.03. The van der Waals surface area contributed by atoms with E-state index in [1.807, 2.05) is 24.7 Å². The summed E-state index contributed by atoms with van der Waals surface area (Å²) in [6, 6.07) is 3.68. The Morgan fingerprint density at radius 3 is 2.79 bits per heavy atom. The molecule has 1 heterocycles. The Bertz CT molecular complexity index is 551. The van der Waals surface area contributed by atoms with Crippen LogP contribution in [0.2, 0.25) is 0 Å². The van der Waals surface area contributed by atoms with Crippen molar-refractivity contribution in [2.45, 2.75) is 33.0 Å². The molecule has 1 unspecified atom stereocenters. The molecule has 0 aliphatic carbocycles. The molecule has 0 saturated carbocycles. The monoisotopic (exact) mass is 265 g/mol. The molecule has 0 fully saturated rings. The molecule has 19 heavy (non-hydrogen) atoms. The molecular weight excluding hydrogens is 248 g/mol. The fraction of sp³-hybridized carbons (Fsp3) is 0.357. The van der Waals surface area contributed by atoms with Crippen molar-refractivity contribution < 1.29 is 8.78 Å². The first-order valence-corrected chi connectivity index (χ1v) is 6.29. The van der Waals surface area contributed by atoms with Crippen molar-refractivity contribution in [3.05, 3.63) is 53.4 Å². The highest BCUT2D eigenvalue weighted by atomic mass is 19.1. The second-order valence-electron chi connectivity index (χ2n) is 4.47. The van der Waals surface area contributed by atoms with Crippen molar-refractivity contribution >= 4 is 0 Å². The van der Waals surface area contributed by atoms with Crippen LogP contribution in [0.15, 0.2) is 30.6 Å². The third-order valence-electron chi connectivity index (χ3n) is 3.09. The molecule has 2 aromatic rings. The van der Waals surface area contributed by atoms with Gasteiger partial charge < -0.3 is 5.32 Å². The number of hydrogen-bond donors (Lipinski definition) is 1. The summed E-state index contributed by atoms with van der Waals surface area (Å²) in [6.45, 7) is 5.17. The normalized spacial score (nSPS) is 12.6. The maximum Gasteiger partial charge on any atom is 0.130 e. The Kier molecular flexibility index (Phi) is 4.27. The zero-order valence-corrected chi connectivity index (χ0v) is 11.0. The first kappa shape index (κ1) is 13.7. The maximum absolute atomic E-state index is 13.5. The molecule has 0 spiro atoms. The molecule has 1 N–H and O–H groups in total. The average Bonchev–Trinajstić information content (AvgIpc) is 2.86. The van der Waals surface area contributed by atoms with Crippen LogP contribution in [0, 0.1) is 11.6 Å². The van der Waals surface area contributed by atoms with Gasteiger partial charge in [-0.3, -0.25) is 4.68 Å². The molecule has 0 bridgehead atoms. The summed E-state index contributed by atoms with van der Waals surface area (Å²) in [5.41, 5.74) is 1.50. The van der Waals surface area contributed by atoms with Crippen molar-refractivity contribution in [3.63, 3.8) is 0 Å². The third kappa shape index (κ3) is 3.38. The first-order valence-electron chi connectivity index (χ1n) is 6.29. The summed E-state index contributed by atoms with van der Waals surface area (Å²) < 4.78 is 28.1. The minimum absolute atomic E-state index is 0.0600. The van der Waals surface area contributed by atoms with E-state index in [2.05, 4.69) is 10.4 Å². The summed E-state index contributed by atoms with van der Waals surface area (Å²) in [6.07, 6.45) is 3.75. The van der Waals surface area contributed by atoms with Crippen molar-refractivity contribution in [2.24, 2.45) is 0 Å². The molecule has 5 heteroatoms. The SMILES string of the molecule is CCn1cc(C(C)NCc2ccc(F)cc2F)cn1. The second kappa shape index (κ2) is 5.93. The van der Waals surface area contributed by atoms with Crippen molar-refractivity contribution in [1.29, 1.82) is 0 Å². The maximum atomic E-state index is 13.5. The minimum Gasteiger partial charge on any atom is -0.306 e. The summed E-state index contributed by atoms with van der Waals surface area (Å²) in [7, 11) is 0. The van der Waals surface area contributed by atoms with Gasteiger partial charge in [0.15, 0.2) is 0 Å². The largest absolute Gasteiger partial charge is 0.306 e. The Morgan fingerprint density at radius 1 is 1.37 bits per heavy atom. The standard InChI is InChI=1S/C14H17F2N3/c1-3-19-9-12(8-18-19)10(2)17-7-11-4-5-13(15)6-14(11)16/h4-6,8-10,17H,3,7H2,1-2H3. The lowest BCUT2D eigenvalue weighted by Gasteiger charge is -2.12. The van der Waals surface area contributed by atoms with Gasteiger partial charge in [-0.2, -0.15) is 5.10 Å². The highest BCUT2D eigenvalue weighted by molar-refractivity contribution is 5.19. The van der Waals surface area contributed by atoms with E-state index in [1.54, 1.807) is 6.20 Å². The number of aromatic nitrogens is 2. The van der Waals surface area contributed by atoms with Gasteiger partial charge in [-0.25, -0.2) is 8.78 Å². The lowest BCUT2D eigenvalue weighted by atomic mass is 10.1. The van der Waals surface area contributed by atoms with E-state index in [4.69, 9.17) is 0 Å². The van der Waals surface area contributed by atoms with Crippen molar-refractivity contribution in [2.75, 3.05) is 0 Å². The number of benzene rings is 1. The van der Waals surface area contributed by atoms with E-state index < -0.39 is 11.6 Å². The summed E-state index contributed by atoms with van der Waals surface area (Å²) in [4.78, 5) is 0. The zero-order valence-electron chi connectivity index (χ0n) is 11.0. The molecule has 0 radical (unpaired) electrons. The lowest BCUT2D eigenvalue weighted by Crippen LogP contribution is -2.18.